The second-order valence-corrected chi connectivity index (χ2v) is 7.38. The first-order valence-electron chi connectivity index (χ1n) is 6.76. The van der Waals surface area contributed by atoms with Crippen molar-refractivity contribution in [3.05, 3.63) is 60.2 Å². The van der Waals surface area contributed by atoms with Crippen LogP contribution < -0.4 is 9.18 Å². The molecule has 4 nitrogen and oxygen atoms in total. The molecule has 4 aromatic heterocycles. The Bertz CT molecular complexity index is 873. The number of nitrogens with zero attached hydrogens (tertiary/aromatic N) is 4. The van der Waals surface area contributed by atoms with E-state index >= 15 is 0 Å². The predicted octanol–water partition coefficient (Wildman–Crippen LogP) is 1.25. The number of aromatic nitrogens is 4. The van der Waals surface area contributed by atoms with Crippen molar-refractivity contribution < 1.29 is 0 Å². The molecule has 0 aromatic carbocycles. The maximum atomic E-state index is 4.70. The van der Waals surface area contributed by atoms with Crippen LogP contribution in [0.15, 0.2) is 49.1 Å². The molecular formula is C16H14N4Se. The number of hydrogen-bond acceptors (Lipinski definition) is 2. The quantitative estimate of drug-likeness (QED) is 0.515. The van der Waals surface area contributed by atoms with Gasteiger partial charge in [-0.15, -0.1) is 0 Å². The van der Waals surface area contributed by atoms with Gasteiger partial charge in [0.2, 0.25) is 0 Å². The third-order valence-electron chi connectivity index (χ3n) is 3.40. The third kappa shape index (κ3) is 2.35. The summed E-state index contributed by atoms with van der Waals surface area (Å²) in [5.41, 5.74) is 4.48. The standard InChI is InChI=1S/C16H14N4Se/c1-11-3-5-19-9-15(17-13(19)7-11)21-16-10-20-6-4-12(2)8-14(20)18-16/h3-10H,1-2H3. The summed E-state index contributed by atoms with van der Waals surface area (Å²) >= 11 is 0.125. The Kier molecular flexibility index (Phi) is 2.84. The number of hydrogen-bond donors (Lipinski definition) is 0. The fourth-order valence-electron chi connectivity index (χ4n) is 2.33. The molecule has 5 heteroatoms. The number of pyridine rings is 2. The SMILES string of the molecule is Cc1ccn2cc([Se]c3cn4ccc(C)cc4n3)nc2c1. The maximum absolute atomic E-state index is 4.70. The summed E-state index contributed by atoms with van der Waals surface area (Å²) in [7, 11) is 0. The molecule has 0 aliphatic heterocycles. The van der Waals surface area contributed by atoms with Crippen molar-refractivity contribution in [2.75, 3.05) is 0 Å². The molecule has 0 radical (unpaired) electrons. The zero-order valence-electron chi connectivity index (χ0n) is 11.8. The zero-order valence-corrected chi connectivity index (χ0v) is 13.5. The average Bonchev–Trinajstić information content (AvgIpc) is 3.00. The van der Waals surface area contributed by atoms with Crippen molar-refractivity contribution in [2.24, 2.45) is 0 Å². The summed E-state index contributed by atoms with van der Waals surface area (Å²) < 4.78 is 6.36. The van der Waals surface area contributed by atoms with Crippen LogP contribution in [0.2, 0.25) is 0 Å². The van der Waals surface area contributed by atoms with Gasteiger partial charge in [-0.3, -0.25) is 0 Å². The van der Waals surface area contributed by atoms with Crippen molar-refractivity contribution in [1.29, 1.82) is 0 Å². The molecule has 0 amide bonds. The first-order chi connectivity index (χ1) is 10.2. The van der Waals surface area contributed by atoms with E-state index in [1.807, 2.05) is 0 Å². The number of rotatable bonds is 2. The van der Waals surface area contributed by atoms with Gasteiger partial charge in [0.1, 0.15) is 0 Å². The molecule has 4 rings (SSSR count). The van der Waals surface area contributed by atoms with Crippen LogP contribution in [0.3, 0.4) is 0 Å². The van der Waals surface area contributed by atoms with Gasteiger partial charge in [0, 0.05) is 0 Å². The van der Waals surface area contributed by atoms with Gasteiger partial charge in [-0.1, -0.05) is 0 Å². The van der Waals surface area contributed by atoms with Gasteiger partial charge < -0.3 is 0 Å². The van der Waals surface area contributed by atoms with E-state index in [1.165, 1.54) is 11.1 Å². The molecule has 0 saturated heterocycles. The van der Waals surface area contributed by atoms with Crippen LogP contribution in [-0.4, -0.2) is 33.7 Å². The molecule has 0 aliphatic rings. The van der Waals surface area contributed by atoms with Crippen LogP contribution >= 0.6 is 0 Å². The molecule has 0 saturated carbocycles. The Morgan fingerprint density at radius 1 is 0.810 bits per heavy atom. The third-order valence-corrected chi connectivity index (χ3v) is 5.10. The van der Waals surface area contributed by atoms with E-state index in [9.17, 15) is 0 Å². The second kappa shape index (κ2) is 4.72. The number of fused-ring (bicyclic) bond motifs is 2. The van der Waals surface area contributed by atoms with Gasteiger partial charge in [0.25, 0.3) is 0 Å². The van der Waals surface area contributed by atoms with Crippen LogP contribution in [0.4, 0.5) is 0 Å². The predicted molar refractivity (Wildman–Crippen MR) is 84.9 cm³/mol. The topological polar surface area (TPSA) is 34.6 Å². The van der Waals surface area contributed by atoms with Crippen molar-refractivity contribution in [1.82, 2.24) is 18.8 Å². The van der Waals surface area contributed by atoms with E-state index in [0.717, 1.165) is 20.5 Å². The minimum atomic E-state index is 0.125. The van der Waals surface area contributed by atoms with Crippen LogP contribution in [0.25, 0.3) is 11.3 Å². The minimum absolute atomic E-state index is 0.125. The number of aryl methyl sites for hydroxylation is 2. The molecule has 0 spiro atoms. The van der Waals surface area contributed by atoms with E-state index in [2.05, 4.69) is 71.7 Å². The molecule has 0 unspecified atom stereocenters. The Balaban J connectivity index is 1.71. The van der Waals surface area contributed by atoms with Gasteiger partial charge in [0.05, 0.1) is 0 Å². The van der Waals surface area contributed by atoms with Crippen molar-refractivity contribution in [3.63, 3.8) is 0 Å². The van der Waals surface area contributed by atoms with Crippen LogP contribution in [0, 0.1) is 13.8 Å². The molecule has 4 aromatic rings. The van der Waals surface area contributed by atoms with E-state index < -0.39 is 0 Å². The monoisotopic (exact) mass is 342 g/mol. The van der Waals surface area contributed by atoms with Gasteiger partial charge in [-0.05, 0) is 0 Å². The Morgan fingerprint density at radius 3 is 1.76 bits per heavy atom. The molecular weight excluding hydrogens is 327 g/mol. The second-order valence-electron chi connectivity index (χ2n) is 5.20. The van der Waals surface area contributed by atoms with Crippen molar-refractivity contribution in [3.8, 4) is 0 Å². The molecule has 4 heterocycles. The first kappa shape index (κ1) is 12.6. The summed E-state index contributed by atoms with van der Waals surface area (Å²) in [6.07, 6.45) is 8.32. The number of imidazole rings is 2. The average molecular weight is 341 g/mol. The summed E-state index contributed by atoms with van der Waals surface area (Å²) in [4.78, 5) is 9.40. The van der Waals surface area contributed by atoms with Gasteiger partial charge in [-0.2, -0.15) is 0 Å². The Labute approximate surface area is 128 Å². The molecule has 104 valence electrons. The first-order valence-corrected chi connectivity index (χ1v) is 8.47. The Morgan fingerprint density at radius 2 is 1.29 bits per heavy atom. The van der Waals surface area contributed by atoms with Crippen molar-refractivity contribution >= 4 is 35.4 Å². The van der Waals surface area contributed by atoms with E-state index in [-0.39, 0.29) is 15.0 Å². The van der Waals surface area contributed by atoms with Crippen LogP contribution in [-0.2, 0) is 0 Å². The summed E-state index contributed by atoms with van der Waals surface area (Å²) in [6, 6.07) is 8.40. The van der Waals surface area contributed by atoms with E-state index in [0.29, 0.717) is 0 Å². The Hall–Kier alpha value is -2.10. The molecule has 0 N–H and O–H groups in total. The summed E-state index contributed by atoms with van der Waals surface area (Å²) in [6.45, 7) is 4.17. The molecule has 0 bridgehead atoms. The summed E-state index contributed by atoms with van der Waals surface area (Å²) in [5.74, 6) is 0. The van der Waals surface area contributed by atoms with Crippen LogP contribution in [0.1, 0.15) is 11.1 Å². The van der Waals surface area contributed by atoms with Crippen molar-refractivity contribution in [2.45, 2.75) is 13.8 Å². The van der Waals surface area contributed by atoms with E-state index in [1.54, 1.807) is 0 Å². The van der Waals surface area contributed by atoms with Gasteiger partial charge in [0.15, 0.2) is 0 Å². The fraction of sp³-hybridized carbons (Fsp3) is 0.125. The van der Waals surface area contributed by atoms with Crippen LogP contribution in [0.5, 0.6) is 0 Å². The van der Waals surface area contributed by atoms with Gasteiger partial charge >= 0.3 is 128 Å². The summed E-state index contributed by atoms with van der Waals surface area (Å²) in [5, 5.41) is 0. The normalized spacial score (nSPS) is 11.5. The fourth-order valence-corrected chi connectivity index (χ4v) is 4.06. The molecule has 0 fully saturated rings. The van der Waals surface area contributed by atoms with E-state index in [4.69, 9.17) is 9.97 Å². The zero-order chi connectivity index (χ0) is 14.4. The molecule has 21 heavy (non-hydrogen) atoms. The van der Waals surface area contributed by atoms with Gasteiger partial charge in [-0.25, -0.2) is 0 Å². The molecule has 0 aliphatic carbocycles. The molecule has 0 atom stereocenters.